The second kappa shape index (κ2) is 6.26. The van der Waals surface area contributed by atoms with Crippen LogP contribution in [-0.4, -0.2) is 42.5 Å². The van der Waals surface area contributed by atoms with Crippen LogP contribution in [0.4, 0.5) is 0 Å². The first kappa shape index (κ1) is 19.3. The molecule has 1 aliphatic carbocycles. The second-order valence-corrected chi connectivity index (χ2v) is 9.19. The van der Waals surface area contributed by atoms with Crippen LogP contribution in [-0.2, 0) is 20.2 Å². The van der Waals surface area contributed by atoms with Gasteiger partial charge in [0.25, 0.3) is 20.2 Å². The molecule has 29 heavy (non-hydrogen) atoms. The molecule has 148 valence electrons. The van der Waals surface area contributed by atoms with E-state index in [0.717, 1.165) is 24.3 Å². The lowest BCUT2D eigenvalue weighted by Gasteiger charge is -2.11. The van der Waals surface area contributed by atoms with E-state index < -0.39 is 47.5 Å². The topological polar surface area (TPSA) is 156 Å². The minimum Gasteiger partial charge on any atom is -0.293 e. The zero-order valence-corrected chi connectivity index (χ0v) is 15.9. The molecule has 0 fully saturated rings. The van der Waals surface area contributed by atoms with Crippen LogP contribution in [0, 0.1) is 0 Å². The Balaban J connectivity index is 1.93. The third-order valence-electron chi connectivity index (χ3n) is 4.62. The number of para-hydroxylation sites is 1. The summed E-state index contributed by atoms with van der Waals surface area (Å²) in [6.45, 7) is 0. The summed E-state index contributed by atoms with van der Waals surface area (Å²) >= 11 is 0. The molecule has 4 rings (SSSR count). The van der Waals surface area contributed by atoms with Gasteiger partial charge in [0, 0.05) is 16.5 Å². The number of ketones is 2. The fourth-order valence-electron chi connectivity index (χ4n) is 3.33. The molecule has 2 N–H and O–H groups in total. The maximum Gasteiger partial charge on any atom is 0.295 e. The summed E-state index contributed by atoms with van der Waals surface area (Å²) in [5.41, 5.74) is -0.349. The van der Waals surface area contributed by atoms with Crippen molar-refractivity contribution in [2.24, 2.45) is 0 Å². The summed E-state index contributed by atoms with van der Waals surface area (Å²) in [5, 5.41) is 0.114. The molecule has 1 unspecified atom stereocenters. The van der Waals surface area contributed by atoms with Gasteiger partial charge in [0.1, 0.15) is 10.8 Å². The fourth-order valence-corrected chi connectivity index (χ4v) is 4.55. The van der Waals surface area contributed by atoms with Crippen molar-refractivity contribution in [2.75, 3.05) is 0 Å². The Bertz CT molecular complexity index is 1440. The van der Waals surface area contributed by atoms with E-state index in [0.29, 0.717) is 0 Å². The summed E-state index contributed by atoms with van der Waals surface area (Å²) in [6.07, 6.45) is 0. The minimum absolute atomic E-state index is 0.0734. The molecule has 2 aromatic carbocycles. The summed E-state index contributed by atoms with van der Waals surface area (Å²) < 4.78 is 65.0. The van der Waals surface area contributed by atoms with Crippen LogP contribution in [0.2, 0.25) is 0 Å². The van der Waals surface area contributed by atoms with E-state index in [4.69, 9.17) is 4.55 Å². The molecule has 0 aliphatic heterocycles. The van der Waals surface area contributed by atoms with Crippen molar-refractivity contribution in [3.63, 3.8) is 0 Å². The molecule has 0 saturated carbocycles. The number of pyridine rings is 1. The van der Waals surface area contributed by atoms with Crippen molar-refractivity contribution in [1.29, 1.82) is 0 Å². The monoisotopic (exact) mass is 433 g/mol. The van der Waals surface area contributed by atoms with Gasteiger partial charge < -0.3 is 0 Å². The van der Waals surface area contributed by atoms with E-state index in [2.05, 4.69) is 4.98 Å². The van der Waals surface area contributed by atoms with Crippen molar-refractivity contribution >= 4 is 42.7 Å². The van der Waals surface area contributed by atoms with Crippen LogP contribution in [0.3, 0.4) is 0 Å². The third-order valence-corrected chi connectivity index (χ3v) is 6.36. The predicted octanol–water partition coefficient (Wildman–Crippen LogP) is 1.89. The lowest BCUT2D eigenvalue weighted by molar-refractivity contribution is 0.0888. The van der Waals surface area contributed by atoms with Crippen molar-refractivity contribution in [1.82, 2.24) is 4.98 Å². The molecule has 1 aliphatic rings. The number of aromatic nitrogens is 1. The molecule has 9 nitrogen and oxygen atoms in total. The lowest BCUT2D eigenvalue weighted by atomic mass is 9.98. The highest BCUT2D eigenvalue weighted by atomic mass is 32.2. The highest BCUT2D eigenvalue weighted by Crippen LogP contribution is 2.36. The molecule has 3 aromatic rings. The Kier molecular flexibility index (Phi) is 4.17. The number of hydrogen-bond acceptors (Lipinski definition) is 7. The van der Waals surface area contributed by atoms with Crippen LogP contribution in [0.1, 0.15) is 32.3 Å². The number of hydrogen-bond donors (Lipinski definition) is 2. The van der Waals surface area contributed by atoms with E-state index in [1.54, 1.807) is 6.07 Å². The Hall–Kier alpha value is -2.99. The zero-order valence-electron chi connectivity index (χ0n) is 14.3. The van der Waals surface area contributed by atoms with E-state index >= 15 is 0 Å². The van der Waals surface area contributed by atoms with Gasteiger partial charge in [-0.25, -0.2) is 0 Å². The second-order valence-electron chi connectivity index (χ2n) is 6.38. The molecule has 0 amide bonds. The van der Waals surface area contributed by atoms with Gasteiger partial charge in [0.2, 0.25) is 0 Å². The molecule has 1 atom stereocenters. The summed E-state index contributed by atoms with van der Waals surface area (Å²) in [5.74, 6) is -3.00. The maximum absolute atomic E-state index is 12.8. The highest BCUT2D eigenvalue weighted by molar-refractivity contribution is 7.86. The van der Waals surface area contributed by atoms with Gasteiger partial charge in [-0.3, -0.25) is 23.7 Å². The first-order valence-electron chi connectivity index (χ1n) is 8.05. The molecule has 0 bridgehead atoms. The zero-order chi connectivity index (χ0) is 21.1. The molecule has 0 spiro atoms. The number of nitrogens with zero attached hydrogens (tertiary/aromatic N) is 1. The first-order valence-corrected chi connectivity index (χ1v) is 10.9. The van der Waals surface area contributed by atoms with Gasteiger partial charge in [-0.15, -0.1) is 0 Å². The number of carbonyl (C=O) groups is 2. The lowest BCUT2D eigenvalue weighted by Crippen LogP contribution is -2.16. The Labute approximate surface area is 164 Å². The largest absolute Gasteiger partial charge is 0.295 e. The van der Waals surface area contributed by atoms with Crippen molar-refractivity contribution in [2.45, 2.75) is 15.7 Å². The Morgan fingerprint density at radius 2 is 1.45 bits per heavy atom. The van der Waals surface area contributed by atoms with E-state index in [9.17, 15) is 31.0 Å². The average Bonchev–Trinajstić information content (AvgIpc) is 2.89. The Morgan fingerprint density at radius 1 is 0.793 bits per heavy atom. The van der Waals surface area contributed by atoms with E-state index in [1.807, 2.05) is 0 Å². The molecule has 0 saturated heterocycles. The van der Waals surface area contributed by atoms with Crippen molar-refractivity contribution < 1.29 is 35.5 Å². The van der Waals surface area contributed by atoms with E-state index in [1.165, 1.54) is 18.2 Å². The summed E-state index contributed by atoms with van der Waals surface area (Å²) in [6, 6.07) is 9.91. The first-order chi connectivity index (χ1) is 13.5. The normalized spacial score (nSPS) is 17.0. The van der Waals surface area contributed by atoms with Crippen LogP contribution < -0.4 is 0 Å². The SMILES string of the molecule is O=C1c2ccc(S(=O)(=O)O)cc2C(=O)C1c1cc(S(=O)(=O)O)c2ccccc2n1. The minimum atomic E-state index is -4.68. The third kappa shape index (κ3) is 3.13. The molecular weight excluding hydrogens is 422 g/mol. The average molecular weight is 433 g/mol. The highest BCUT2D eigenvalue weighted by Gasteiger charge is 2.41. The number of Topliss-reactive ketones (excluding diaryl/α,β-unsaturated/α-hetero) is 2. The van der Waals surface area contributed by atoms with Crippen LogP contribution in [0.25, 0.3) is 10.9 Å². The van der Waals surface area contributed by atoms with Gasteiger partial charge in [0.05, 0.1) is 16.1 Å². The smallest absolute Gasteiger partial charge is 0.293 e. The summed E-state index contributed by atoms with van der Waals surface area (Å²) in [7, 11) is -9.28. The quantitative estimate of drug-likeness (QED) is 0.465. The van der Waals surface area contributed by atoms with Crippen LogP contribution in [0.5, 0.6) is 0 Å². The predicted molar refractivity (Wildman–Crippen MR) is 99.2 cm³/mol. The van der Waals surface area contributed by atoms with E-state index in [-0.39, 0.29) is 27.7 Å². The van der Waals surface area contributed by atoms with Gasteiger partial charge in [-0.2, -0.15) is 16.8 Å². The van der Waals surface area contributed by atoms with Gasteiger partial charge in [-0.05, 0) is 30.3 Å². The standard InChI is InChI=1S/C18H11NO8S2/c20-17-10-6-5-9(28(22,23)24)7-12(10)18(21)16(17)14-8-15(29(25,26)27)11-3-1-2-4-13(11)19-14/h1-8,16H,(H,22,23,24)(H,25,26,27). The molecule has 1 aromatic heterocycles. The van der Waals surface area contributed by atoms with Gasteiger partial charge in [0.15, 0.2) is 11.6 Å². The molecule has 1 heterocycles. The van der Waals surface area contributed by atoms with Crippen LogP contribution in [0.15, 0.2) is 58.3 Å². The van der Waals surface area contributed by atoms with Gasteiger partial charge in [-0.1, -0.05) is 18.2 Å². The Morgan fingerprint density at radius 3 is 2.10 bits per heavy atom. The summed E-state index contributed by atoms with van der Waals surface area (Å²) in [4.78, 5) is 28.8. The molecule has 0 radical (unpaired) electrons. The number of fused-ring (bicyclic) bond motifs is 2. The number of rotatable bonds is 3. The molecular formula is C18H11NO8S2. The van der Waals surface area contributed by atoms with Crippen molar-refractivity contribution in [3.05, 3.63) is 65.4 Å². The van der Waals surface area contributed by atoms with Crippen molar-refractivity contribution in [3.8, 4) is 0 Å². The maximum atomic E-state index is 12.8. The number of benzene rings is 2. The van der Waals surface area contributed by atoms with Gasteiger partial charge >= 0.3 is 0 Å². The van der Waals surface area contributed by atoms with Crippen LogP contribution >= 0.6 is 0 Å². The molecule has 11 heteroatoms. The number of carbonyl (C=O) groups excluding carboxylic acids is 2. The fraction of sp³-hybridized carbons (Fsp3) is 0.0556.